The minimum absolute atomic E-state index is 0.128. The summed E-state index contributed by atoms with van der Waals surface area (Å²) < 4.78 is 10.8. The maximum Gasteiger partial charge on any atom is 0.127 e. The molecule has 0 spiro atoms. The summed E-state index contributed by atoms with van der Waals surface area (Å²) in [6.45, 7) is 2.09. The van der Waals surface area contributed by atoms with Crippen molar-refractivity contribution in [3.63, 3.8) is 0 Å². The van der Waals surface area contributed by atoms with Gasteiger partial charge in [-0.3, -0.25) is 4.98 Å². The van der Waals surface area contributed by atoms with E-state index in [1.807, 2.05) is 30.3 Å². The molecule has 1 aromatic heterocycles. The van der Waals surface area contributed by atoms with Gasteiger partial charge in [-0.1, -0.05) is 13.0 Å². The Labute approximate surface area is 119 Å². The largest absolute Gasteiger partial charge is 0.496 e. The molecule has 1 aromatic carbocycles. The Morgan fingerprint density at radius 1 is 1.00 bits per heavy atom. The van der Waals surface area contributed by atoms with Crippen LogP contribution in [0.4, 0.5) is 0 Å². The van der Waals surface area contributed by atoms with Crippen molar-refractivity contribution in [1.29, 1.82) is 0 Å². The number of methoxy groups -OCH3 is 2. The first-order valence-electron chi connectivity index (χ1n) is 6.55. The molecule has 0 saturated heterocycles. The number of pyridine rings is 1. The van der Waals surface area contributed by atoms with Crippen molar-refractivity contribution in [3.8, 4) is 11.5 Å². The summed E-state index contributed by atoms with van der Waals surface area (Å²) in [6.07, 6.45) is 3.55. The molecule has 4 nitrogen and oxygen atoms in total. The summed E-state index contributed by atoms with van der Waals surface area (Å²) >= 11 is 0. The molecule has 0 amide bonds. The first-order chi connectivity index (χ1) is 9.69. The second-order valence-corrected chi connectivity index (χ2v) is 4.67. The predicted octanol–water partition coefficient (Wildman–Crippen LogP) is 2.90. The summed E-state index contributed by atoms with van der Waals surface area (Å²) in [5.74, 6) is 1.62. The van der Waals surface area contributed by atoms with Crippen LogP contribution in [0.3, 0.4) is 0 Å². The molecule has 0 aliphatic rings. The number of nitrogens with zero attached hydrogens (tertiary/aromatic N) is 1. The highest BCUT2D eigenvalue weighted by molar-refractivity contribution is 5.48. The molecule has 0 bridgehead atoms. The van der Waals surface area contributed by atoms with E-state index >= 15 is 0 Å². The van der Waals surface area contributed by atoms with Crippen LogP contribution in [0.25, 0.3) is 0 Å². The Kier molecular flexibility index (Phi) is 4.58. The highest BCUT2D eigenvalue weighted by atomic mass is 16.5. The summed E-state index contributed by atoms with van der Waals surface area (Å²) in [7, 11) is 3.28. The maximum atomic E-state index is 6.44. The van der Waals surface area contributed by atoms with Gasteiger partial charge in [0.15, 0.2) is 0 Å². The molecule has 2 rings (SSSR count). The third-order valence-electron chi connectivity index (χ3n) is 3.57. The summed E-state index contributed by atoms with van der Waals surface area (Å²) in [5.41, 5.74) is 8.47. The summed E-state index contributed by atoms with van der Waals surface area (Å²) in [5, 5.41) is 0. The van der Waals surface area contributed by atoms with Crippen molar-refractivity contribution in [3.05, 3.63) is 53.9 Å². The van der Waals surface area contributed by atoms with Gasteiger partial charge in [0.1, 0.15) is 11.5 Å². The van der Waals surface area contributed by atoms with Gasteiger partial charge in [0, 0.05) is 24.4 Å². The van der Waals surface area contributed by atoms with Gasteiger partial charge in [0.2, 0.25) is 0 Å². The van der Waals surface area contributed by atoms with Crippen molar-refractivity contribution in [2.45, 2.75) is 18.9 Å². The second-order valence-electron chi connectivity index (χ2n) is 4.67. The van der Waals surface area contributed by atoms with Gasteiger partial charge in [0.25, 0.3) is 0 Å². The third kappa shape index (κ3) is 2.75. The molecule has 0 aliphatic heterocycles. The fourth-order valence-electron chi connectivity index (χ4n) is 2.33. The lowest BCUT2D eigenvalue weighted by atomic mass is 9.89. The fraction of sp³-hybridized carbons (Fsp3) is 0.312. The number of nitrogens with two attached hydrogens (primary N) is 1. The fourth-order valence-corrected chi connectivity index (χ4v) is 2.33. The van der Waals surface area contributed by atoms with E-state index in [9.17, 15) is 0 Å². The minimum atomic E-state index is -0.219. The van der Waals surface area contributed by atoms with E-state index in [4.69, 9.17) is 15.2 Å². The van der Waals surface area contributed by atoms with E-state index in [0.717, 1.165) is 22.6 Å². The van der Waals surface area contributed by atoms with E-state index in [2.05, 4.69) is 11.9 Å². The molecule has 106 valence electrons. The second kappa shape index (κ2) is 6.39. The Hall–Kier alpha value is -2.07. The minimum Gasteiger partial charge on any atom is -0.496 e. The van der Waals surface area contributed by atoms with Gasteiger partial charge < -0.3 is 15.2 Å². The van der Waals surface area contributed by atoms with Crippen molar-refractivity contribution in [1.82, 2.24) is 4.98 Å². The molecular formula is C16H20N2O2. The Morgan fingerprint density at radius 3 is 2.05 bits per heavy atom. The molecule has 2 N–H and O–H groups in total. The first-order valence-corrected chi connectivity index (χ1v) is 6.55. The molecule has 2 aromatic rings. The van der Waals surface area contributed by atoms with Gasteiger partial charge in [0.05, 0.1) is 19.8 Å². The van der Waals surface area contributed by atoms with Gasteiger partial charge >= 0.3 is 0 Å². The van der Waals surface area contributed by atoms with E-state index in [0.29, 0.717) is 0 Å². The monoisotopic (exact) mass is 272 g/mol. The SMILES string of the molecule is COc1cccc(OC)c1C(N)C(C)c1ccncc1. The van der Waals surface area contributed by atoms with E-state index in [-0.39, 0.29) is 12.0 Å². The van der Waals surface area contributed by atoms with E-state index in [1.54, 1.807) is 26.6 Å². The van der Waals surface area contributed by atoms with Crippen LogP contribution in [-0.4, -0.2) is 19.2 Å². The van der Waals surface area contributed by atoms with Gasteiger partial charge in [-0.25, -0.2) is 0 Å². The number of hydrogen-bond acceptors (Lipinski definition) is 4. The topological polar surface area (TPSA) is 57.4 Å². The zero-order valence-corrected chi connectivity index (χ0v) is 12.0. The normalized spacial score (nSPS) is 13.6. The molecule has 0 radical (unpaired) electrons. The van der Waals surface area contributed by atoms with Crippen LogP contribution in [0, 0.1) is 0 Å². The standard InChI is InChI=1S/C16H20N2O2/c1-11(12-7-9-18-10-8-12)16(17)15-13(19-2)5-4-6-14(15)20-3/h4-11,16H,17H2,1-3H3. The number of ether oxygens (including phenoxy) is 2. The lowest BCUT2D eigenvalue weighted by Gasteiger charge is -2.24. The summed E-state index contributed by atoms with van der Waals surface area (Å²) in [6, 6.07) is 9.43. The zero-order valence-electron chi connectivity index (χ0n) is 12.0. The van der Waals surface area contributed by atoms with Crippen LogP contribution in [0.15, 0.2) is 42.7 Å². The highest BCUT2D eigenvalue weighted by Crippen LogP contribution is 2.39. The number of aromatic nitrogens is 1. The van der Waals surface area contributed by atoms with Crippen LogP contribution in [0.2, 0.25) is 0 Å². The Morgan fingerprint density at radius 2 is 1.55 bits per heavy atom. The molecule has 4 heteroatoms. The molecule has 0 fully saturated rings. The number of rotatable bonds is 5. The van der Waals surface area contributed by atoms with Crippen LogP contribution >= 0.6 is 0 Å². The van der Waals surface area contributed by atoms with Crippen LogP contribution in [0.5, 0.6) is 11.5 Å². The molecule has 2 unspecified atom stereocenters. The van der Waals surface area contributed by atoms with Crippen molar-refractivity contribution >= 4 is 0 Å². The third-order valence-corrected chi connectivity index (χ3v) is 3.57. The summed E-state index contributed by atoms with van der Waals surface area (Å²) in [4.78, 5) is 4.04. The lowest BCUT2D eigenvalue weighted by Crippen LogP contribution is -2.19. The molecule has 20 heavy (non-hydrogen) atoms. The average molecular weight is 272 g/mol. The van der Waals surface area contributed by atoms with Gasteiger partial charge in [-0.15, -0.1) is 0 Å². The number of hydrogen-bond donors (Lipinski definition) is 1. The zero-order chi connectivity index (χ0) is 14.5. The van der Waals surface area contributed by atoms with E-state index in [1.165, 1.54) is 0 Å². The van der Waals surface area contributed by atoms with Crippen molar-refractivity contribution in [2.24, 2.45) is 5.73 Å². The Bertz CT molecular complexity index is 535. The molecule has 0 saturated carbocycles. The predicted molar refractivity (Wildman–Crippen MR) is 79.1 cm³/mol. The Balaban J connectivity index is 2.40. The lowest BCUT2D eigenvalue weighted by molar-refractivity contribution is 0.374. The number of benzene rings is 1. The average Bonchev–Trinajstić information content (AvgIpc) is 2.53. The maximum absolute atomic E-state index is 6.44. The quantitative estimate of drug-likeness (QED) is 0.909. The van der Waals surface area contributed by atoms with Gasteiger partial charge in [-0.2, -0.15) is 0 Å². The van der Waals surface area contributed by atoms with Crippen molar-refractivity contribution < 1.29 is 9.47 Å². The van der Waals surface area contributed by atoms with Gasteiger partial charge in [-0.05, 0) is 29.8 Å². The molecular weight excluding hydrogens is 252 g/mol. The smallest absolute Gasteiger partial charge is 0.127 e. The first kappa shape index (κ1) is 14.3. The van der Waals surface area contributed by atoms with E-state index < -0.39 is 0 Å². The molecule has 0 aliphatic carbocycles. The molecule has 1 heterocycles. The van der Waals surface area contributed by atoms with Crippen LogP contribution in [-0.2, 0) is 0 Å². The molecule has 2 atom stereocenters. The highest BCUT2D eigenvalue weighted by Gasteiger charge is 2.23. The van der Waals surface area contributed by atoms with Crippen molar-refractivity contribution in [2.75, 3.05) is 14.2 Å². The van der Waals surface area contributed by atoms with Crippen LogP contribution in [0.1, 0.15) is 30.0 Å². The van der Waals surface area contributed by atoms with Crippen LogP contribution < -0.4 is 15.2 Å².